The zero-order valence-corrected chi connectivity index (χ0v) is 19.8. The molecule has 3 amide bonds. The van der Waals surface area contributed by atoms with E-state index in [1.54, 1.807) is 54.6 Å². The molecule has 4 aromatic rings. The number of para-hydroxylation sites is 1. The van der Waals surface area contributed by atoms with Crippen LogP contribution in [0.15, 0.2) is 66.7 Å². The summed E-state index contributed by atoms with van der Waals surface area (Å²) in [6.45, 7) is 3.71. The highest BCUT2D eigenvalue weighted by molar-refractivity contribution is 6.42. The average molecular weight is 495 g/mol. The fraction of sp³-hybridized carbons (Fsp3) is 0.0800. The minimum Gasteiger partial charge on any atom is -0.319 e. The van der Waals surface area contributed by atoms with Crippen molar-refractivity contribution in [2.45, 2.75) is 13.8 Å². The van der Waals surface area contributed by atoms with Crippen LogP contribution in [0.5, 0.6) is 0 Å². The second kappa shape index (κ2) is 9.59. The van der Waals surface area contributed by atoms with E-state index in [2.05, 4.69) is 16.1 Å². The second-order valence-electron chi connectivity index (χ2n) is 7.72. The maximum absolute atomic E-state index is 13.1. The number of hydrogen-bond acceptors (Lipinski definition) is 3. The van der Waals surface area contributed by atoms with Crippen molar-refractivity contribution < 1.29 is 14.4 Å². The van der Waals surface area contributed by atoms with Crippen LogP contribution in [0.4, 0.5) is 11.4 Å². The highest BCUT2D eigenvalue weighted by atomic mass is 35.5. The van der Waals surface area contributed by atoms with Gasteiger partial charge >= 0.3 is 11.8 Å². The molecule has 0 unspecified atom stereocenters. The molecular formula is C25H20Cl2N4O3. The van der Waals surface area contributed by atoms with Gasteiger partial charge in [0.1, 0.15) is 5.69 Å². The summed E-state index contributed by atoms with van der Waals surface area (Å²) in [5, 5.41) is 6.76. The van der Waals surface area contributed by atoms with E-state index in [0.29, 0.717) is 32.3 Å². The molecule has 3 N–H and O–H groups in total. The van der Waals surface area contributed by atoms with Crippen LogP contribution in [0.3, 0.4) is 0 Å². The van der Waals surface area contributed by atoms with Crippen molar-refractivity contribution in [3.05, 3.63) is 93.6 Å². The van der Waals surface area contributed by atoms with E-state index in [9.17, 15) is 14.4 Å². The van der Waals surface area contributed by atoms with Crippen molar-refractivity contribution in [2.75, 3.05) is 16.1 Å². The minimum atomic E-state index is -0.944. The van der Waals surface area contributed by atoms with E-state index in [-0.39, 0.29) is 5.69 Å². The second-order valence-corrected chi connectivity index (χ2v) is 8.56. The number of nitrogens with one attached hydrogen (secondary N) is 3. The highest BCUT2D eigenvalue weighted by Crippen LogP contribution is 2.25. The lowest BCUT2D eigenvalue weighted by Crippen LogP contribution is -2.36. The molecule has 4 rings (SSSR count). The summed E-state index contributed by atoms with van der Waals surface area (Å²) in [5.74, 6) is -2.35. The van der Waals surface area contributed by atoms with Gasteiger partial charge in [-0.1, -0.05) is 47.5 Å². The number of anilines is 2. The van der Waals surface area contributed by atoms with E-state index in [1.807, 2.05) is 26.0 Å². The molecule has 7 nitrogen and oxygen atoms in total. The number of halogens is 2. The van der Waals surface area contributed by atoms with Crippen LogP contribution >= 0.6 is 23.2 Å². The lowest BCUT2D eigenvalue weighted by atomic mass is 10.1. The highest BCUT2D eigenvalue weighted by Gasteiger charge is 2.22. The third-order valence-corrected chi connectivity index (χ3v) is 5.74. The van der Waals surface area contributed by atoms with Gasteiger partial charge in [0.05, 0.1) is 16.2 Å². The van der Waals surface area contributed by atoms with Gasteiger partial charge in [0, 0.05) is 16.1 Å². The van der Waals surface area contributed by atoms with Crippen LogP contribution in [-0.2, 0) is 9.59 Å². The van der Waals surface area contributed by atoms with Gasteiger partial charge in [-0.05, 0) is 67.4 Å². The summed E-state index contributed by atoms with van der Waals surface area (Å²) in [6.07, 6.45) is 0. The van der Waals surface area contributed by atoms with Gasteiger partial charge < -0.3 is 10.6 Å². The Labute approximate surface area is 205 Å². The standard InChI is InChI=1S/C25H20Cl2N4O3/c1-14-7-8-15(2)20(11-14)29-24(33)25(34)30-31-21-10-9-17(26)12-16(21)13-22(31)23(32)28-19-6-4-3-5-18(19)27/h3-13H,1-2H3,(H,28,32)(H,29,33)(H,30,34). The van der Waals surface area contributed by atoms with Crippen molar-refractivity contribution in [1.29, 1.82) is 0 Å². The first kappa shape index (κ1) is 23.4. The molecule has 34 heavy (non-hydrogen) atoms. The molecule has 3 aromatic carbocycles. The summed E-state index contributed by atoms with van der Waals surface area (Å²) in [7, 11) is 0. The SMILES string of the molecule is Cc1ccc(C)c(NC(=O)C(=O)Nn2c(C(=O)Nc3ccccc3Cl)cc3cc(Cl)ccc32)c1. The van der Waals surface area contributed by atoms with Gasteiger partial charge in [0.25, 0.3) is 5.91 Å². The summed E-state index contributed by atoms with van der Waals surface area (Å²) in [4.78, 5) is 38.5. The largest absolute Gasteiger partial charge is 0.328 e. The van der Waals surface area contributed by atoms with Crippen molar-refractivity contribution >= 4 is 63.2 Å². The third kappa shape index (κ3) is 4.90. The maximum Gasteiger partial charge on any atom is 0.328 e. The Morgan fingerprint density at radius 3 is 2.32 bits per heavy atom. The normalized spacial score (nSPS) is 10.7. The first-order chi connectivity index (χ1) is 16.2. The van der Waals surface area contributed by atoms with Crippen molar-refractivity contribution in [2.24, 2.45) is 0 Å². The number of amides is 3. The van der Waals surface area contributed by atoms with E-state index in [4.69, 9.17) is 23.2 Å². The third-order valence-electron chi connectivity index (χ3n) is 5.18. The molecule has 0 spiro atoms. The van der Waals surface area contributed by atoms with Gasteiger partial charge in [-0.2, -0.15) is 0 Å². The molecule has 0 saturated heterocycles. The van der Waals surface area contributed by atoms with Crippen molar-refractivity contribution in [3.63, 3.8) is 0 Å². The molecule has 1 aromatic heterocycles. The van der Waals surface area contributed by atoms with Crippen LogP contribution < -0.4 is 16.1 Å². The fourth-order valence-electron chi connectivity index (χ4n) is 3.42. The Hall–Kier alpha value is -3.81. The van der Waals surface area contributed by atoms with Crippen molar-refractivity contribution in [1.82, 2.24) is 4.68 Å². The molecule has 0 fully saturated rings. The lowest BCUT2D eigenvalue weighted by molar-refractivity contribution is -0.133. The molecule has 0 aliphatic heterocycles. The summed E-state index contributed by atoms with van der Waals surface area (Å²) >= 11 is 12.3. The van der Waals surface area contributed by atoms with Gasteiger partial charge in [-0.3, -0.25) is 19.8 Å². The summed E-state index contributed by atoms with van der Waals surface area (Å²) in [5.41, 5.74) is 5.78. The number of nitrogens with zero attached hydrogens (tertiary/aromatic N) is 1. The van der Waals surface area contributed by atoms with Crippen LogP contribution in [0.25, 0.3) is 10.9 Å². The molecule has 172 valence electrons. The van der Waals surface area contributed by atoms with Gasteiger partial charge in [-0.25, -0.2) is 4.68 Å². The van der Waals surface area contributed by atoms with E-state index in [0.717, 1.165) is 11.1 Å². The average Bonchev–Trinajstić information content (AvgIpc) is 3.15. The molecule has 1 heterocycles. The predicted molar refractivity (Wildman–Crippen MR) is 135 cm³/mol. The molecule has 9 heteroatoms. The first-order valence-corrected chi connectivity index (χ1v) is 11.0. The zero-order chi connectivity index (χ0) is 24.4. The number of rotatable bonds is 4. The zero-order valence-electron chi connectivity index (χ0n) is 18.3. The van der Waals surface area contributed by atoms with Crippen LogP contribution in [0.1, 0.15) is 21.6 Å². The lowest BCUT2D eigenvalue weighted by Gasteiger charge is -2.14. The molecular weight excluding hydrogens is 475 g/mol. The molecule has 0 aliphatic carbocycles. The van der Waals surface area contributed by atoms with Crippen LogP contribution in [-0.4, -0.2) is 22.4 Å². The Balaban J connectivity index is 1.65. The molecule has 0 saturated carbocycles. The molecule has 0 atom stereocenters. The van der Waals surface area contributed by atoms with Gasteiger partial charge in [0.2, 0.25) is 0 Å². The smallest absolute Gasteiger partial charge is 0.319 e. The summed E-state index contributed by atoms with van der Waals surface area (Å²) in [6, 6.07) is 18.8. The number of aryl methyl sites for hydroxylation is 2. The van der Waals surface area contributed by atoms with E-state index < -0.39 is 17.7 Å². The molecule has 0 bridgehead atoms. The Morgan fingerprint density at radius 1 is 0.794 bits per heavy atom. The summed E-state index contributed by atoms with van der Waals surface area (Å²) < 4.78 is 1.25. The Morgan fingerprint density at radius 2 is 1.56 bits per heavy atom. The topological polar surface area (TPSA) is 92.2 Å². The quantitative estimate of drug-likeness (QED) is 0.326. The van der Waals surface area contributed by atoms with Gasteiger partial charge in [0.15, 0.2) is 0 Å². The molecule has 0 aliphatic rings. The van der Waals surface area contributed by atoms with E-state index >= 15 is 0 Å². The number of carbonyl (C=O) groups is 3. The number of fused-ring (bicyclic) bond motifs is 1. The minimum absolute atomic E-state index is 0.0880. The number of benzene rings is 3. The van der Waals surface area contributed by atoms with Crippen LogP contribution in [0.2, 0.25) is 10.0 Å². The maximum atomic E-state index is 13.1. The van der Waals surface area contributed by atoms with E-state index in [1.165, 1.54) is 4.68 Å². The van der Waals surface area contributed by atoms with Crippen LogP contribution in [0, 0.1) is 13.8 Å². The number of hydrogen-bond donors (Lipinski definition) is 3. The number of carbonyl (C=O) groups excluding carboxylic acids is 3. The van der Waals surface area contributed by atoms with Gasteiger partial charge in [-0.15, -0.1) is 0 Å². The fourth-order valence-corrected chi connectivity index (χ4v) is 3.79. The Kier molecular flexibility index (Phi) is 6.58. The molecule has 0 radical (unpaired) electrons. The monoisotopic (exact) mass is 494 g/mol. The Bertz CT molecular complexity index is 1450. The first-order valence-electron chi connectivity index (χ1n) is 10.3. The predicted octanol–water partition coefficient (Wildman–Crippen LogP) is 5.53. The van der Waals surface area contributed by atoms with Crippen molar-refractivity contribution in [3.8, 4) is 0 Å². The number of aromatic nitrogens is 1.